The normalized spacial score (nSPS) is 11.7. The van der Waals surface area contributed by atoms with Gasteiger partial charge in [-0.3, -0.25) is 9.36 Å². The van der Waals surface area contributed by atoms with Gasteiger partial charge in [0.05, 0.1) is 28.8 Å². The second kappa shape index (κ2) is 8.84. The van der Waals surface area contributed by atoms with Gasteiger partial charge in [0, 0.05) is 11.6 Å². The number of nitrogens with zero attached hydrogens (tertiary/aromatic N) is 1. The van der Waals surface area contributed by atoms with E-state index in [1.165, 1.54) is 12.1 Å². The summed E-state index contributed by atoms with van der Waals surface area (Å²) < 4.78 is 35.5. The van der Waals surface area contributed by atoms with Gasteiger partial charge >= 0.3 is 4.87 Å². The van der Waals surface area contributed by atoms with E-state index in [2.05, 4.69) is 4.72 Å². The molecule has 1 aromatic heterocycles. The number of fused-ring (bicyclic) bond motifs is 1. The highest BCUT2D eigenvalue weighted by molar-refractivity contribution is 7.89. The van der Waals surface area contributed by atoms with E-state index in [0.29, 0.717) is 27.5 Å². The lowest BCUT2D eigenvalue weighted by molar-refractivity contribution is 0.414. The third-order valence-electron chi connectivity index (χ3n) is 4.83. The molecule has 0 bridgehead atoms. The molecule has 0 aliphatic heterocycles. The molecule has 0 saturated heterocycles. The van der Waals surface area contributed by atoms with Crippen LogP contribution in [0, 0.1) is 0 Å². The Balaban J connectivity index is 1.56. The number of hydrogen-bond acceptors (Lipinski definition) is 5. The van der Waals surface area contributed by atoms with E-state index in [1.807, 2.05) is 12.1 Å². The summed E-state index contributed by atoms with van der Waals surface area (Å²) in [5.41, 5.74) is 2.44. The van der Waals surface area contributed by atoms with Crippen molar-refractivity contribution in [2.75, 3.05) is 7.11 Å². The Labute approximate surface area is 188 Å². The lowest BCUT2D eigenvalue weighted by Crippen LogP contribution is -2.23. The average Bonchev–Trinajstić information content (AvgIpc) is 3.08. The zero-order chi connectivity index (χ0) is 22.0. The second-order valence-corrected chi connectivity index (χ2v) is 10.1. The van der Waals surface area contributed by atoms with Crippen LogP contribution in [-0.2, 0) is 23.1 Å². The van der Waals surface area contributed by atoms with E-state index in [0.717, 1.165) is 22.5 Å². The van der Waals surface area contributed by atoms with Crippen LogP contribution in [-0.4, -0.2) is 20.1 Å². The van der Waals surface area contributed by atoms with E-state index in [9.17, 15) is 13.2 Å². The summed E-state index contributed by atoms with van der Waals surface area (Å²) in [7, 11) is -2.16. The summed E-state index contributed by atoms with van der Waals surface area (Å²) in [5, 5.41) is 0.628. The lowest BCUT2D eigenvalue weighted by atomic mass is 10.2. The number of methoxy groups -OCH3 is 1. The molecule has 1 N–H and O–H groups in total. The van der Waals surface area contributed by atoms with Crippen molar-refractivity contribution in [3.63, 3.8) is 0 Å². The van der Waals surface area contributed by atoms with E-state index in [1.54, 1.807) is 54.1 Å². The Kier molecular flexibility index (Phi) is 6.15. The van der Waals surface area contributed by atoms with Crippen LogP contribution >= 0.6 is 22.9 Å². The van der Waals surface area contributed by atoms with Gasteiger partial charge in [0.25, 0.3) is 0 Å². The largest absolute Gasteiger partial charge is 0.497 e. The van der Waals surface area contributed by atoms with E-state index in [4.69, 9.17) is 16.3 Å². The number of hydrogen-bond donors (Lipinski definition) is 1. The molecular weight excluding hydrogens is 456 g/mol. The number of sulfonamides is 1. The number of aromatic nitrogens is 1. The standard InChI is InChI=1S/C22H19ClN2O4S2/c1-29-18-8-4-15(5-9-18)13-24-31(27,28)19-10-11-20-21(12-19)30-22(26)25(20)14-16-2-6-17(23)7-3-16/h2-12,24H,13-14H2,1H3. The minimum absolute atomic E-state index is 0.119. The molecule has 4 rings (SSSR count). The van der Waals surface area contributed by atoms with Crippen LogP contribution in [0.5, 0.6) is 5.75 Å². The minimum atomic E-state index is -3.73. The van der Waals surface area contributed by atoms with Crippen LogP contribution in [0.4, 0.5) is 0 Å². The SMILES string of the molecule is COc1ccc(CNS(=O)(=O)c2ccc3c(c2)sc(=O)n3Cc2ccc(Cl)cc2)cc1. The van der Waals surface area contributed by atoms with Crippen molar-refractivity contribution in [1.29, 1.82) is 0 Å². The third kappa shape index (κ3) is 4.83. The van der Waals surface area contributed by atoms with Gasteiger partial charge in [-0.25, -0.2) is 13.1 Å². The molecular formula is C22H19ClN2O4S2. The molecule has 160 valence electrons. The number of ether oxygens (including phenoxy) is 1. The number of halogens is 1. The van der Waals surface area contributed by atoms with Crippen molar-refractivity contribution >= 4 is 43.2 Å². The van der Waals surface area contributed by atoms with Crippen molar-refractivity contribution in [2.24, 2.45) is 0 Å². The van der Waals surface area contributed by atoms with E-state index < -0.39 is 10.0 Å². The van der Waals surface area contributed by atoms with Gasteiger partial charge in [-0.2, -0.15) is 0 Å². The van der Waals surface area contributed by atoms with Crippen molar-refractivity contribution in [3.05, 3.63) is 92.5 Å². The maximum Gasteiger partial charge on any atom is 0.308 e. The third-order valence-corrected chi connectivity index (χ3v) is 7.42. The molecule has 3 aromatic carbocycles. The predicted molar refractivity (Wildman–Crippen MR) is 124 cm³/mol. The lowest BCUT2D eigenvalue weighted by Gasteiger charge is -2.08. The van der Waals surface area contributed by atoms with Crippen LogP contribution in [0.15, 0.2) is 76.4 Å². The van der Waals surface area contributed by atoms with Crippen LogP contribution in [0.2, 0.25) is 5.02 Å². The molecule has 31 heavy (non-hydrogen) atoms. The number of rotatable bonds is 7. The van der Waals surface area contributed by atoms with Gasteiger partial charge in [-0.05, 0) is 53.6 Å². The van der Waals surface area contributed by atoms with E-state index in [-0.39, 0.29) is 16.3 Å². The summed E-state index contributed by atoms with van der Waals surface area (Å²) in [4.78, 5) is 12.5. The molecule has 0 radical (unpaired) electrons. The predicted octanol–water partition coefficient (Wildman–Crippen LogP) is 4.25. The van der Waals surface area contributed by atoms with Gasteiger partial charge in [0.2, 0.25) is 10.0 Å². The average molecular weight is 475 g/mol. The van der Waals surface area contributed by atoms with Crippen LogP contribution < -0.4 is 14.3 Å². The maximum absolute atomic E-state index is 12.8. The quantitative estimate of drug-likeness (QED) is 0.434. The molecule has 0 atom stereocenters. The van der Waals surface area contributed by atoms with Gasteiger partial charge in [0.1, 0.15) is 5.75 Å². The van der Waals surface area contributed by atoms with Crippen molar-refractivity contribution < 1.29 is 13.2 Å². The Morgan fingerprint density at radius 3 is 2.35 bits per heavy atom. The van der Waals surface area contributed by atoms with Crippen molar-refractivity contribution in [1.82, 2.24) is 9.29 Å². The van der Waals surface area contributed by atoms with Gasteiger partial charge < -0.3 is 4.74 Å². The maximum atomic E-state index is 12.8. The Morgan fingerprint density at radius 1 is 1.00 bits per heavy atom. The number of benzene rings is 3. The molecule has 0 aliphatic carbocycles. The molecule has 0 unspecified atom stereocenters. The molecule has 0 aliphatic rings. The first-order chi connectivity index (χ1) is 14.9. The number of thiazole rings is 1. The molecule has 6 nitrogen and oxygen atoms in total. The highest BCUT2D eigenvalue weighted by Crippen LogP contribution is 2.23. The minimum Gasteiger partial charge on any atom is -0.497 e. The second-order valence-electron chi connectivity index (χ2n) is 6.88. The first-order valence-corrected chi connectivity index (χ1v) is 12.0. The molecule has 1 heterocycles. The molecule has 0 spiro atoms. The topological polar surface area (TPSA) is 77.4 Å². The smallest absolute Gasteiger partial charge is 0.308 e. The zero-order valence-electron chi connectivity index (χ0n) is 16.5. The van der Waals surface area contributed by atoms with Crippen molar-refractivity contribution in [2.45, 2.75) is 18.0 Å². The first kappa shape index (κ1) is 21.6. The van der Waals surface area contributed by atoms with Crippen LogP contribution in [0.3, 0.4) is 0 Å². The monoisotopic (exact) mass is 474 g/mol. The highest BCUT2D eigenvalue weighted by atomic mass is 35.5. The summed E-state index contributed by atoms with van der Waals surface area (Å²) in [6.45, 7) is 0.538. The Morgan fingerprint density at radius 2 is 1.68 bits per heavy atom. The summed E-state index contributed by atoms with van der Waals surface area (Å²) in [6, 6.07) is 19.1. The summed E-state index contributed by atoms with van der Waals surface area (Å²) in [6.07, 6.45) is 0. The van der Waals surface area contributed by atoms with Crippen molar-refractivity contribution in [3.8, 4) is 5.75 Å². The summed E-state index contributed by atoms with van der Waals surface area (Å²) >= 11 is 6.95. The first-order valence-electron chi connectivity index (χ1n) is 9.36. The Hall–Kier alpha value is -2.65. The molecule has 0 saturated carbocycles. The molecule has 4 aromatic rings. The fourth-order valence-corrected chi connectivity index (χ4v) is 5.32. The zero-order valence-corrected chi connectivity index (χ0v) is 18.9. The molecule has 0 fully saturated rings. The molecule has 0 amide bonds. The van der Waals surface area contributed by atoms with Gasteiger partial charge in [-0.1, -0.05) is 47.2 Å². The highest BCUT2D eigenvalue weighted by Gasteiger charge is 2.17. The van der Waals surface area contributed by atoms with Crippen LogP contribution in [0.25, 0.3) is 10.2 Å². The molecule has 9 heteroatoms. The number of nitrogens with one attached hydrogen (secondary N) is 1. The Bertz CT molecular complexity index is 1380. The van der Waals surface area contributed by atoms with Gasteiger partial charge in [-0.15, -0.1) is 0 Å². The van der Waals surface area contributed by atoms with Gasteiger partial charge in [0.15, 0.2) is 0 Å². The fourth-order valence-electron chi connectivity index (χ4n) is 3.14. The summed E-state index contributed by atoms with van der Waals surface area (Å²) in [5.74, 6) is 0.704. The van der Waals surface area contributed by atoms with Crippen LogP contribution in [0.1, 0.15) is 11.1 Å². The fraction of sp³-hybridized carbons (Fsp3) is 0.136. The van der Waals surface area contributed by atoms with E-state index >= 15 is 0 Å².